The van der Waals surface area contributed by atoms with Gasteiger partial charge in [-0.05, 0) is 12.1 Å². The summed E-state index contributed by atoms with van der Waals surface area (Å²) in [6, 6.07) is 3.89. The van der Waals surface area contributed by atoms with Gasteiger partial charge in [0.1, 0.15) is 5.82 Å². The Labute approximate surface area is 81.7 Å². The van der Waals surface area contributed by atoms with E-state index in [0.717, 1.165) is 6.07 Å². The quantitative estimate of drug-likeness (QED) is 0.547. The first-order valence-electron chi connectivity index (χ1n) is 4.35. The van der Waals surface area contributed by atoms with Crippen LogP contribution in [0.25, 0.3) is 0 Å². The van der Waals surface area contributed by atoms with Gasteiger partial charge in [-0.1, -0.05) is 19.9 Å². The molecule has 1 aromatic rings. The Bertz CT molecular complexity index is 370. The molecule has 0 saturated heterocycles. The summed E-state index contributed by atoms with van der Waals surface area (Å²) in [5.74, 6) is -0.940. The number of aldehydes is 1. The number of hydrogen-bond donors (Lipinski definition) is 0. The van der Waals surface area contributed by atoms with E-state index in [1.807, 2.05) is 0 Å². The van der Waals surface area contributed by atoms with Crippen LogP contribution in [0.1, 0.15) is 34.6 Å². The molecule has 0 fully saturated rings. The third-order valence-corrected chi connectivity index (χ3v) is 1.94. The number of Topliss-reactive ketones (excluding diaryl/α,β-unsaturated/α-hetero) is 1. The summed E-state index contributed by atoms with van der Waals surface area (Å²) < 4.78 is 13.1. The number of carbonyl (C=O) groups excluding carboxylic acids is 2. The highest BCUT2D eigenvalue weighted by atomic mass is 19.1. The Morgan fingerprint density at radius 1 is 1.43 bits per heavy atom. The van der Waals surface area contributed by atoms with E-state index in [2.05, 4.69) is 0 Å². The molecule has 0 atom stereocenters. The first-order valence-corrected chi connectivity index (χ1v) is 4.35. The molecular formula is C11H11FO2. The fourth-order valence-corrected chi connectivity index (χ4v) is 1.11. The first-order chi connectivity index (χ1) is 6.56. The van der Waals surface area contributed by atoms with Crippen molar-refractivity contribution in [2.45, 2.75) is 13.8 Å². The van der Waals surface area contributed by atoms with Crippen LogP contribution in [0.2, 0.25) is 0 Å². The second-order valence-electron chi connectivity index (χ2n) is 3.37. The molecule has 1 rings (SSSR count). The number of rotatable bonds is 3. The maximum atomic E-state index is 13.1. The fourth-order valence-electron chi connectivity index (χ4n) is 1.11. The van der Waals surface area contributed by atoms with Crippen molar-refractivity contribution in [1.29, 1.82) is 0 Å². The zero-order valence-electron chi connectivity index (χ0n) is 8.08. The Balaban J connectivity index is 3.08. The largest absolute Gasteiger partial charge is 0.298 e. The summed E-state index contributed by atoms with van der Waals surface area (Å²) >= 11 is 0. The van der Waals surface area contributed by atoms with Crippen LogP contribution in [0.5, 0.6) is 0 Å². The van der Waals surface area contributed by atoms with E-state index in [-0.39, 0.29) is 17.3 Å². The van der Waals surface area contributed by atoms with Gasteiger partial charge in [-0.25, -0.2) is 4.39 Å². The lowest BCUT2D eigenvalue weighted by atomic mass is 10.00. The van der Waals surface area contributed by atoms with Crippen LogP contribution in [0.3, 0.4) is 0 Å². The van der Waals surface area contributed by atoms with E-state index in [9.17, 15) is 14.0 Å². The molecule has 3 heteroatoms. The van der Waals surface area contributed by atoms with E-state index < -0.39 is 5.82 Å². The normalized spacial score (nSPS) is 10.3. The van der Waals surface area contributed by atoms with Gasteiger partial charge < -0.3 is 0 Å². The number of carbonyl (C=O) groups is 2. The minimum absolute atomic E-state index is 0.0229. The third kappa shape index (κ3) is 2.05. The van der Waals surface area contributed by atoms with Gasteiger partial charge >= 0.3 is 0 Å². The van der Waals surface area contributed by atoms with Crippen LogP contribution in [-0.4, -0.2) is 12.1 Å². The smallest absolute Gasteiger partial charge is 0.165 e. The second-order valence-corrected chi connectivity index (χ2v) is 3.37. The van der Waals surface area contributed by atoms with Crippen molar-refractivity contribution in [3.05, 3.63) is 35.1 Å². The molecule has 0 N–H and O–H groups in total. The summed E-state index contributed by atoms with van der Waals surface area (Å²) in [5.41, 5.74) is 0.286. The molecule has 0 radical (unpaired) electrons. The zero-order chi connectivity index (χ0) is 10.7. The van der Waals surface area contributed by atoms with Crippen LogP contribution in [0, 0.1) is 11.7 Å². The van der Waals surface area contributed by atoms with E-state index in [1.165, 1.54) is 12.1 Å². The van der Waals surface area contributed by atoms with Crippen LogP contribution in [0.15, 0.2) is 18.2 Å². The molecule has 1 aromatic carbocycles. The molecule has 0 aliphatic heterocycles. The van der Waals surface area contributed by atoms with E-state index in [0.29, 0.717) is 11.8 Å². The molecule has 0 unspecified atom stereocenters. The SMILES string of the molecule is CC(C)C(=O)c1ccc(C=O)c(F)c1. The zero-order valence-corrected chi connectivity index (χ0v) is 8.08. The van der Waals surface area contributed by atoms with Crippen molar-refractivity contribution in [2.75, 3.05) is 0 Å². The summed E-state index contributed by atoms with van der Waals surface area (Å²) in [5, 5.41) is 0. The number of halogens is 1. The van der Waals surface area contributed by atoms with Crippen LogP contribution in [0.4, 0.5) is 4.39 Å². The van der Waals surface area contributed by atoms with E-state index in [4.69, 9.17) is 0 Å². The van der Waals surface area contributed by atoms with Crippen molar-refractivity contribution in [1.82, 2.24) is 0 Å². The lowest BCUT2D eigenvalue weighted by Crippen LogP contribution is -2.08. The minimum atomic E-state index is -0.647. The highest BCUT2D eigenvalue weighted by molar-refractivity contribution is 5.97. The average Bonchev–Trinajstić information content (AvgIpc) is 2.16. The summed E-state index contributed by atoms with van der Waals surface area (Å²) in [4.78, 5) is 21.8. The van der Waals surface area contributed by atoms with Crippen molar-refractivity contribution in [2.24, 2.45) is 5.92 Å². The molecule has 0 bridgehead atoms. The number of benzene rings is 1. The summed E-state index contributed by atoms with van der Waals surface area (Å²) in [7, 11) is 0. The third-order valence-electron chi connectivity index (χ3n) is 1.94. The minimum Gasteiger partial charge on any atom is -0.298 e. The molecule has 0 aliphatic rings. The molecule has 0 spiro atoms. The fraction of sp³-hybridized carbons (Fsp3) is 0.273. The summed E-state index contributed by atoms with van der Waals surface area (Å²) in [6.45, 7) is 3.49. The lowest BCUT2D eigenvalue weighted by Gasteiger charge is -2.04. The summed E-state index contributed by atoms with van der Waals surface area (Å²) in [6.07, 6.45) is 0.430. The Morgan fingerprint density at radius 2 is 2.07 bits per heavy atom. The molecule has 0 heterocycles. The van der Waals surface area contributed by atoms with Crippen molar-refractivity contribution in [3.8, 4) is 0 Å². The first kappa shape index (κ1) is 10.6. The molecule has 0 aromatic heterocycles. The van der Waals surface area contributed by atoms with Gasteiger partial charge in [-0.3, -0.25) is 9.59 Å². The Kier molecular flexibility index (Phi) is 3.12. The number of hydrogen-bond acceptors (Lipinski definition) is 2. The Hall–Kier alpha value is -1.51. The highest BCUT2D eigenvalue weighted by Crippen LogP contribution is 2.12. The average molecular weight is 194 g/mol. The van der Waals surface area contributed by atoms with E-state index >= 15 is 0 Å². The molecule has 74 valence electrons. The van der Waals surface area contributed by atoms with Crippen LogP contribution >= 0.6 is 0 Å². The molecule has 2 nitrogen and oxygen atoms in total. The van der Waals surface area contributed by atoms with Gasteiger partial charge in [0.15, 0.2) is 12.1 Å². The molecule has 0 amide bonds. The van der Waals surface area contributed by atoms with Crippen molar-refractivity contribution >= 4 is 12.1 Å². The van der Waals surface area contributed by atoms with E-state index in [1.54, 1.807) is 13.8 Å². The predicted octanol–water partition coefficient (Wildman–Crippen LogP) is 2.48. The van der Waals surface area contributed by atoms with Gasteiger partial charge in [-0.2, -0.15) is 0 Å². The van der Waals surface area contributed by atoms with Crippen LogP contribution in [-0.2, 0) is 0 Å². The standard InChI is InChI=1S/C11H11FO2/c1-7(2)11(14)8-3-4-9(6-13)10(12)5-8/h3-7H,1-2H3. The van der Waals surface area contributed by atoms with Gasteiger partial charge in [0.25, 0.3) is 0 Å². The van der Waals surface area contributed by atoms with Gasteiger partial charge in [0, 0.05) is 11.5 Å². The molecule has 0 saturated carbocycles. The lowest BCUT2D eigenvalue weighted by molar-refractivity contribution is 0.0938. The predicted molar refractivity (Wildman–Crippen MR) is 51.0 cm³/mol. The van der Waals surface area contributed by atoms with Gasteiger partial charge in [0.05, 0.1) is 5.56 Å². The van der Waals surface area contributed by atoms with Crippen LogP contribution < -0.4 is 0 Å². The molecular weight excluding hydrogens is 183 g/mol. The molecule has 0 aliphatic carbocycles. The monoisotopic (exact) mass is 194 g/mol. The van der Waals surface area contributed by atoms with Crippen molar-refractivity contribution < 1.29 is 14.0 Å². The number of ketones is 1. The maximum absolute atomic E-state index is 13.1. The van der Waals surface area contributed by atoms with Gasteiger partial charge in [-0.15, -0.1) is 0 Å². The maximum Gasteiger partial charge on any atom is 0.165 e. The highest BCUT2D eigenvalue weighted by Gasteiger charge is 2.12. The second kappa shape index (κ2) is 4.13. The topological polar surface area (TPSA) is 34.1 Å². The van der Waals surface area contributed by atoms with Crippen molar-refractivity contribution in [3.63, 3.8) is 0 Å². The van der Waals surface area contributed by atoms with Gasteiger partial charge in [0.2, 0.25) is 0 Å². The molecule has 14 heavy (non-hydrogen) atoms. The Morgan fingerprint density at radius 3 is 2.50 bits per heavy atom.